The van der Waals surface area contributed by atoms with Crippen LogP contribution >= 0.6 is 11.6 Å². The molecule has 164 valence electrons. The molecular formula is C21H21ClF3N5O. The summed E-state index contributed by atoms with van der Waals surface area (Å²) >= 11 is 5.84. The number of rotatable bonds is 6. The van der Waals surface area contributed by atoms with E-state index in [-0.39, 0.29) is 35.5 Å². The largest absolute Gasteiger partial charge is 0.453 e. The summed E-state index contributed by atoms with van der Waals surface area (Å²) in [4.78, 5) is 20.6. The molecule has 3 atom stereocenters. The van der Waals surface area contributed by atoms with Crippen LogP contribution < -0.4 is 5.32 Å². The third-order valence-electron chi connectivity index (χ3n) is 6.03. The van der Waals surface area contributed by atoms with E-state index >= 15 is 0 Å². The smallest absolute Gasteiger partial charge is 0.310 e. The number of aromatic nitrogens is 4. The molecule has 0 aliphatic heterocycles. The highest BCUT2D eigenvalue weighted by Crippen LogP contribution is 2.62. The van der Waals surface area contributed by atoms with Crippen LogP contribution in [0.2, 0.25) is 5.02 Å². The van der Waals surface area contributed by atoms with Gasteiger partial charge in [-0.1, -0.05) is 35.9 Å². The van der Waals surface area contributed by atoms with Gasteiger partial charge in [0.25, 0.3) is 5.82 Å². The summed E-state index contributed by atoms with van der Waals surface area (Å²) in [5.41, 5.74) is -0.353. The molecule has 1 amide bonds. The minimum atomic E-state index is -4.59. The molecular weight excluding hydrogens is 431 g/mol. The molecule has 2 aliphatic rings. The van der Waals surface area contributed by atoms with Gasteiger partial charge < -0.3 is 5.32 Å². The highest BCUT2D eigenvalue weighted by molar-refractivity contribution is 6.30. The molecule has 1 unspecified atom stereocenters. The van der Waals surface area contributed by atoms with Crippen LogP contribution in [0.4, 0.5) is 19.0 Å². The van der Waals surface area contributed by atoms with Crippen LogP contribution in [-0.4, -0.2) is 25.7 Å². The average molecular weight is 452 g/mol. The SMILES string of the molecule is Cc1nc(C(F)(F)F)nn1CC[C@@]1(C2C=CC=CC2)C[C@H]1C(=O)Nc1ccc(Cl)cn1. The lowest BCUT2D eigenvalue weighted by molar-refractivity contribution is -0.145. The summed E-state index contributed by atoms with van der Waals surface area (Å²) in [5.74, 6) is -0.818. The van der Waals surface area contributed by atoms with E-state index in [9.17, 15) is 18.0 Å². The summed E-state index contributed by atoms with van der Waals surface area (Å²) in [6, 6.07) is 3.27. The van der Waals surface area contributed by atoms with E-state index in [1.165, 1.54) is 17.8 Å². The van der Waals surface area contributed by atoms with Gasteiger partial charge in [0.05, 0.1) is 5.02 Å². The van der Waals surface area contributed by atoms with Crippen molar-refractivity contribution in [1.29, 1.82) is 0 Å². The van der Waals surface area contributed by atoms with Crippen molar-refractivity contribution in [2.45, 2.75) is 38.9 Å². The van der Waals surface area contributed by atoms with E-state index in [0.29, 0.717) is 23.7 Å². The number of anilines is 1. The third kappa shape index (κ3) is 4.51. The van der Waals surface area contributed by atoms with E-state index in [4.69, 9.17) is 11.6 Å². The molecule has 0 saturated heterocycles. The first-order valence-electron chi connectivity index (χ1n) is 9.93. The summed E-state index contributed by atoms with van der Waals surface area (Å²) < 4.78 is 40.1. The molecule has 6 nitrogen and oxygen atoms in total. The van der Waals surface area contributed by atoms with Gasteiger partial charge in [0.2, 0.25) is 5.91 Å². The fraction of sp³-hybridized carbons (Fsp3) is 0.429. The van der Waals surface area contributed by atoms with E-state index in [2.05, 4.69) is 26.5 Å². The molecule has 4 rings (SSSR count). The third-order valence-corrected chi connectivity index (χ3v) is 6.26. The first kappa shape index (κ1) is 21.5. The van der Waals surface area contributed by atoms with Crippen LogP contribution in [0.5, 0.6) is 0 Å². The van der Waals surface area contributed by atoms with Gasteiger partial charge in [0, 0.05) is 18.7 Å². The number of hydrogen-bond acceptors (Lipinski definition) is 4. The predicted molar refractivity (Wildman–Crippen MR) is 109 cm³/mol. The molecule has 1 saturated carbocycles. The van der Waals surface area contributed by atoms with E-state index in [1.54, 1.807) is 12.1 Å². The molecule has 0 aromatic carbocycles. The number of allylic oxidation sites excluding steroid dienone is 4. The highest BCUT2D eigenvalue weighted by Gasteiger charge is 2.60. The first-order chi connectivity index (χ1) is 14.7. The van der Waals surface area contributed by atoms with E-state index in [1.807, 2.05) is 18.2 Å². The lowest BCUT2D eigenvalue weighted by atomic mass is 9.79. The molecule has 10 heteroatoms. The number of carbonyl (C=O) groups excluding carboxylic acids is 1. The van der Waals surface area contributed by atoms with Crippen molar-refractivity contribution in [3.05, 3.63) is 59.3 Å². The predicted octanol–water partition coefficient (Wildman–Crippen LogP) is 4.82. The molecule has 31 heavy (non-hydrogen) atoms. The van der Waals surface area contributed by atoms with Gasteiger partial charge in [-0.05, 0) is 49.7 Å². The Morgan fingerprint density at radius 2 is 2.16 bits per heavy atom. The van der Waals surface area contributed by atoms with Crippen LogP contribution in [0.3, 0.4) is 0 Å². The zero-order valence-electron chi connectivity index (χ0n) is 16.7. The molecule has 0 bridgehead atoms. The second-order valence-electron chi connectivity index (χ2n) is 7.95. The quantitative estimate of drug-likeness (QED) is 0.683. The Bertz CT molecular complexity index is 1030. The van der Waals surface area contributed by atoms with E-state index in [0.717, 1.165) is 6.42 Å². The zero-order chi connectivity index (χ0) is 22.2. The topological polar surface area (TPSA) is 72.7 Å². The zero-order valence-corrected chi connectivity index (χ0v) is 17.5. The minimum Gasteiger partial charge on any atom is -0.310 e. The number of nitrogens with zero attached hydrogens (tertiary/aromatic N) is 4. The summed E-state index contributed by atoms with van der Waals surface area (Å²) in [5, 5.41) is 6.92. The lowest BCUT2D eigenvalue weighted by Gasteiger charge is -2.26. The second-order valence-corrected chi connectivity index (χ2v) is 8.39. The van der Waals surface area contributed by atoms with Gasteiger partial charge in [-0.3, -0.25) is 4.79 Å². The molecule has 1 fully saturated rings. The highest BCUT2D eigenvalue weighted by atomic mass is 35.5. The van der Waals surface area contributed by atoms with Crippen molar-refractivity contribution in [2.24, 2.45) is 17.3 Å². The number of carbonyl (C=O) groups is 1. The maximum Gasteiger partial charge on any atom is 0.453 e. The van der Waals surface area contributed by atoms with Crippen LogP contribution in [0.15, 0.2) is 42.6 Å². The van der Waals surface area contributed by atoms with Gasteiger partial charge in [0.1, 0.15) is 11.6 Å². The van der Waals surface area contributed by atoms with Crippen molar-refractivity contribution in [1.82, 2.24) is 19.7 Å². The number of nitrogens with one attached hydrogen (secondary N) is 1. The van der Waals surface area contributed by atoms with Gasteiger partial charge in [-0.25, -0.2) is 14.6 Å². The fourth-order valence-electron chi connectivity index (χ4n) is 4.28. The van der Waals surface area contributed by atoms with Crippen molar-refractivity contribution in [2.75, 3.05) is 5.32 Å². The molecule has 1 N–H and O–H groups in total. The maximum absolute atomic E-state index is 12.9. The van der Waals surface area contributed by atoms with Crippen LogP contribution in [0.1, 0.15) is 30.9 Å². The minimum absolute atomic E-state index is 0.123. The van der Waals surface area contributed by atoms with Crippen molar-refractivity contribution in [3.8, 4) is 0 Å². The van der Waals surface area contributed by atoms with Crippen molar-refractivity contribution >= 4 is 23.3 Å². The average Bonchev–Trinajstić information content (AvgIpc) is 3.36. The monoisotopic (exact) mass is 451 g/mol. The summed E-state index contributed by atoms with van der Waals surface area (Å²) in [7, 11) is 0. The van der Waals surface area contributed by atoms with Crippen molar-refractivity contribution < 1.29 is 18.0 Å². The Kier molecular flexibility index (Phi) is 5.63. The molecule has 2 heterocycles. The molecule has 0 radical (unpaired) electrons. The standard InChI is InChI=1S/C21H21ClF3N5O/c1-13-27-19(21(23,24)25)29-30(13)10-9-20(14-5-3-2-4-6-14)11-16(20)18(31)28-17-8-7-15(22)12-26-17/h2-5,7-8,12,14,16H,6,9-11H2,1H3,(H,26,28,31)/t14?,16-,20-/m0/s1. The number of alkyl halides is 3. The van der Waals surface area contributed by atoms with E-state index < -0.39 is 12.0 Å². The Morgan fingerprint density at radius 1 is 1.35 bits per heavy atom. The maximum atomic E-state index is 12.9. The number of pyridine rings is 1. The number of amides is 1. The molecule has 2 aromatic rings. The summed E-state index contributed by atoms with van der Waals surface area (Å²) in [6.07, 6.45) is 6.84. The Labute approximate surface area is 182 Å². The van der Waals surface area contributed by atoms with Gasteiger partial charge in [-0.15, -0.1) is 5.10 Å². The van der Waals surface area contributed by atoms with Gasteiger partial charge in [0.15, 0.2) is 0 Å². The lowest BCUT2D eigenvalue weighted by Crippen LogP contribution is -2.26. The fourth-order valence-corrected chi connectivity index (χ4v) is 4.39. The Morgan fingerprint density at radius 3 is 2.77 bits per heavy atom. The summed E-state index contributed by atoms with van der Waals surface area (Å²) in [6.45, 7) is 1.76. The molecule has 2 aliphatic carbocycles. The normalized spacial score (nSPS) is 24.9. The first-order valence-corrected chi connectivity index (χ1v) is 10.3. The van der Waals surface area contributed by atoms with Crippen molar-refractivity contribution in [3.63, 3.8) is 0 Å². The van der Waals surface area contributed by atoms with Crippen LogP contribution in [-0.2, 0) is 17.5 Å². The number of halogens is 4. The van der Waals surface area contributed by atoms with Crippen LogP contribution in [0, 0.1) is 24.2 Å². The van der Waals surface area contributed by atoms with Gasteiger partial charge in [-0.2, -0.15) is 13.2 Å². The Balaban J connectivity index is 1.50. The second kappa shape index (κ2) is 8.11. The number of aryl methyl sites for hydroxylation is 2. The van der Waals surface area contributed by atoms with Gasteiger partial charge >= 0.3 is 6.18 Å². The Hall–Kier alpha value is -2.68. The van der Waals surface area contributed by atoms with Crippen LogP contribution in [0.25, 0.3) is 0 Å². The molecule has 2 aromatic heterocycles. The number of hydrogen-bond donors (Lipinski definition) is 1. The molecule has 0 spiro atoms.